The Morgan fingerprint density at radius 1 is 1.03 bits per heavy atom. The monoisotopic (exact) mass is 412 g/mol. The number of aliphatic hydroxyl groups excluding tert-OH is 1. The van der Waals surface area contributed by atoms with Crippen molar-refractivity contribution in [1.82, 2.24) is 9.80 Å². The first-order valence-electron chi connectivity index (χ1n) is 9.79. The van der Waals surface area contributed by atoms with E-state index in [2.05, 4.69) is 18.7 Å². The fourth-order valence-corrected chi connectivity index (χ4v) is 3.77. The first kappa shape index (κ1) is 21.1. The maximum Gasteiger partial charge on any atom is 0.295 e. The van der Waals surface area contributed by atoms with Crippen LogP contribution in [0.15, 0.2) is 60.2 Å². The summed E-state index contributed by atoms with van der Waals surface area (Å²) in [4.78, 5) is 29.5. The number of carbonyl (C=O) groups is 2. The number of aliphatic hydroxyl groups is 1. The van der Waals surface area contributed by atoms with Crippen molar-refractivity contribution in [2.45, 2.75) is 19.9 Å². The van der Waals surface area contributed by atoms with E-state index in [4.69, 9.17) is 11.6 Å². The van der Waals surface area contributed by atoms with E-state index in [1.165, 1.54) is 0 Å². The highest BCUT2D eigenvalue weighted by atomic mass is 35.5. The molecular weight excluding hydrogens is 388 g/mol. The van der Waals surface area contributed by atoms with Gasteiger partial charge >= 0.3 is 0 Å². The minimum absolute atomic E-state index is 0.114. The summed E-state index contributed by atoms with van der Waals surface area (Å²) in [6.07, 6.45) is 0. The van der Waals surface area contributed by atoms with E-state index in [1.807, 2.05) is 30.3 Å². The Bertz CT molecular complexity index is 905. The van der Waals surface area contributed by atoms with E-state index >= 15 is 0 Å². The number of amides is 1. The Hall–Kier alpha value is -2.63. The number of nitrogens with zero attached hydrogens (tertiary/aromatic N) is 2. The third-order valence-electron chi connectivity index (χ3n) is 5.32. The molecule has 1 fully saturated rings. The SMILES string of the molecule is CCN(CC)CCN1C(=O)C(=O)C(=C(O)c2ccc(Cl)cc2)[C@H]1c1ccccc1. The highest BCUT2D eigenvalue weighted by Gasteiger charge is 2.45. The second kappa shape index (κ2) is 9.25. The molecular formula is C23H25ClN2O3. The standard InChI is InChI=1S/C23H25ClN2O3/c1-3-25(4-2)14-15-26-20(16-8-6-5-7-9-16)19(22(28)23(26)29)21(27)17-10-12-18(24)13-11-17/h5-13,20,27H,3-4,14-15H2,1-2H3/t20-/m1/s1. The predicted molar refractivity (Wildman–Crippen MR) is 115 cm³/mol. The van der Waals surface area contributed by atoms with Crippen LogP contribution in [-0.2, 0) is 9.59 Å². The summed E-state index contributed by atoms with van der Waals surface area (Å²) < 4.78 is 0. The first-order valence-corrected chi connectivity index (χ1v) is 10.2. The van der Waals surface area contributed by atoms with Crippen molar-refractivity contribution in [3.05, 3.63) is 76.3 Å². The molecule has 0 radical (unpaired) electrons. The van der Waals surface area contributed by atoms with Crippen molar-refractivity contribution in [3.8, 4) is 0 Å². The number of carbonyl (C=O) groups excluding carboxylic acids is 2. The normalized spacial score (nSPS) is 18.6. The molecule has 29 heavy (non-hydrogen) atoms. The average molecular weight is 413 g/mol. The number of likely N-dealkylation sites (tertiary alicyclic amines) is 1. The van der Waals surface area contributed by atoms with Crippen LogP contribution in [-0.4, -0.2) is 52.8 Å². The molecule has 0 aliphatic carbocycles. The van der Waals surface area contributed by atoms with Gasteiger partial charge in [0.25, 0.3) is 11.7 Å². The molecule has 0 aromatic heterocycles. The van der Waals surface area contributed by atoms with Gasteiger partial charge in [-0.15, -0.1) is 0 Å². The first-order chi connectivity index (χ1) is 14.0. The van der Waals surface area contributed by atoms with Crippen molar-refractivity contribution in [1.29, 1.82) is 0 Å². The molecule has 1 aliphatic heterocycles. The number of likely N-dealkylation sites (N-methyl/N-ethyl adjacent to an activating group) is 1. The molecule has 152 valence electrons. The molecule has 6 heteroatoms. The largest absolute Gasteiger partial charge is 0.507 e. The smallest absolute Gasteiger partial charge is 0.295 e. The van der Waals surface area contributed by atoms with E-state index in [1.54, 1.807) is 29.2 Å². The molecule has 1 saturated heterocycles. The Morgan fingerprint density at radius 3 is 2.24 bits per heavy atom. The quantitative estimate of drug-likeness (QED) is 0.422. The van der Waals surface area contributed by atoms with E-state index < -0.39 is 17.7 Å². The minimum atomic E-state index is -0.661. The molecule has 0 spiro atoms. The Morgan fingerprint density at radius 2 is 1.66 bits per heavy atom. The van der Waals surface area contributed by atoms with Crippen molar-refractivity contribution in [2.24, 2.45) is 0 Å². The van der Waals surface area contributed by atoms with Crippen molar-refractivity contribution < 1.29 is 14.7 Å². The number of hydrogen-bond acceptors (Lipinski definition) is 4. The number of Topliss-reactive ketones (excluding diaryl/α,β-unsaturated/α-hetero) is 1. The molecule has 0 unspecified atom stereocenters. The number of benzene rings is 2. The van der Waals surface area contributed by atoms with Gasteiger partial charge in [-0.1, -0.05) is 55.8 Å². The highest BCUT2D eigenvalue weighted by Crippen LogP contribution is 2.39. The second-order valence-electron chi connectivity index (χ2n) is 6.94. The predicted octanol–water partition coefficient (Wildman–Crippen LogP) is 4.10. The van der Waals surface area contributed by atoms with Gasteiger partial charge in [-0.05, 0) is 42.9 Å². The van der Waals surface area contributed by atoms with Crippen LogP contribution < -0.4 is 0 Å². The minimum Gasteiger partial charge on any atom is -0.507 e. The number of rotatable bonds is 7. The molecule has 1 amide bonds. The molecule has 3 rings (SSSR count). The Kier molecular flexibility index (Phi) is 6.72. The molecule has 5 nitrogen and oxygen atoms in total. The number of hydrogen-bond donors (Lipinski definition) is 1. The average Bonchev–Trinajstić information content (AvgIpc) is 3.00. The summed E-state index contributed by atoms with van der Waals surface area (Å²) in [5.41, 5.74) is 1.36. The molecule has 2 aromatic rings. The van der Waals surface area contributed by atoms with Gasteiger partial charge in [-0.2, -0.15) is 0 Å². The lowest BCUT2D eigenvalue weighted by molar-refractivity contribution is -0.140. The number of halogens is 1. The van der Waals surface area contributed by atoms with Gasteiger partial charge in [0.15, 0.2) is 0 Å². The van der Waals surface area contributed by atoms with Crippen LogP contribution in [0.4, 0.5) is 0 Å². The van der Waals surface area contributed by atoms with Gasteiger partial charge in [0.2, 0.25) is 0 Å². The molecule has 1 aliphatic rings. The third kappa shape index (κ3) is 4.36. The van der Waals surface area contributed by atoms with Crippen LogP contribution in [0.3, 0.4) is 0 Å². The van der Waals surface area contributed by atoms with E-state index in [9.17, 15) is 14.7 Å². The molecule has 1 heterocycles. The molecule has 0 saturated carbocycles. The molecule has 0 bridgehead atoms. The molecule has 1 N–H and O–H groups in total. The number of ketones is 1. The van der Waals surface area contributed by atoms with Crippen molar-refractivity contribution >= 4 is 29.1 Å². The van der Waals surface area contributed by atoms with Gasteiger partial charge in [0, 0.05) is 23.7 Å². The van der Waals surface area contributed by atoms with Gasteiger partial charge in [-0.3, -0.25) is 9.59 Å². The summed E-state index contributed by atoms with van der Waals surface area (Å²) >= 11 is 5.94. The third-order valence-corrected chi connectivity index (χ3v) is 5.58. The van der Waals surface area contributed by atoms with Crippen LogP contribution in [0.2, 0.25) is 5.02 Å². The van der Waals surface area contributed by atoms with Crippen molar-refractivity contribution in [2.75, 3.05) is 26.2 Å². The van der Waals surface area contributed by atoms with Crippen LogP contribution in [0, 0.1) is 0 Å². The zero-order valence-electron chi connectivity index (χ0n) is 16.6. The fourth-order valence-electron chi connectivity index (χ4n) is 3.64. The van der Waals surface area contributed by atoms with E-state index in [0.717, 1.165) is 18.7 Å². The van der Waals surface area contributed by atoms with Crippen LogP contribution >= 0.6 is 11.6 Å². The zero-order valence-corrected chi connectivity index (χ0v) is 17.4. The summed E-state index contributed by atoms with van der Waals surface area (Å²) in [6.45, 7) is 6.91. The second-order valence-corrected chi connectivity index (χ2v) is 7.37. The molecule has 2 aromatic carbocycles. The lowest BCUT2D eigenvalue weighted by Crippen LogP contribution is -2.38. The maximum atomic E-state index is 12.9. The van der Waals surface area contributed by atoms with Gasteiger partial charge in [0.05, 0.1) is 11.6 Å². The summed E-state index contributed by atoms with van der Waals surface area (Å²) in [5.74, 6) is -1.42. The van der Waals surface area contributed by atoms with E-state index in [-0.39, 0.29) is 11.3 Å². The lowest BCUT2D eigenvalue weighted by atomic mass is 9.95. The fraction of sp³-hybridized carbons (Fsp3) is 0.304. The molecule has 1 atom stereocenters. The van der Waals surface area contributed by atoms with Crippen molar-refractivity contribution in [3.63, 3.8) is 0 Å². The van der Waals surface area contributed by atoms with Crippen LogP contribution in [0.5, 0.6) is 0 Å². The van der Waals surface area contributed by atoms with Gasteiger partial charge < -0.3 is 14.9 Å². The lowest BCUT2D eigenvalue weighted by Gasteiger charge is -2.28. The summed E-state index contributed by atoms with van der Waals surface area (Å²) in [7, 11) is 0. The summed E-state index contributed by atoms with van der Waals surface area (Å²) in [5, 5.41) is 11.5. The van der Waals surface area contributed by atoms with Gasteiger partial charge in [-0.25, -0.2) is 0 Å². The van der Waals surface area contributed by atoms with E-state index in [0.29, 0.717) is 23.7 Å². The Labute approximate surface area is 176 Å². The highest BCUT2D eigenvalue weighted by molar-refractivity contribution is 6.46. The maximum absolute atomic E-state index is 12.9. The Balaban J connectivity index is 2.06. The summed E-state index contributed by atoms with van der Waals surface area (Å²) in [6, 6.07) is 15.3. The van der Waals surface area contributed by atoms with Crippen LogP contribution in [0.25, 0.3) is 5.76 Å². The zero-order chi connectivity index (χ0) is 21.0. The van der Waals surface area contributed by atoms with Gasteiger partial charge in [0.1, 0.15) is 5.76 Å². The topological polar surface area (TPSA) is 60.9 Å². The van der Waals surface area contributed by atoms with Crippen LogP contribution in [0.1, 0.15) is 31.0 Å².